The van der Waals surface area contributed by atoms with Crippen molar-refractivity contribution in [3.05, 3.63) is 35.9 Å². The van der Waals surface area contributed by atoms with E-state index in [9.17, 15) is 4.79 Å². The molecule has 2 aliphatic heterocycles. The second-order valence-electron chi connectivity index (χ2n) is 7.20. The van der Waals surface area contributed by atoms with Gasteiger partial charge in [0.25, 0.3) is 5.91 Å². The number of nitrogens with one attached hydrogen (secondary N) is 1. The molecule has 1 aromatic rings. The number of hydrogen-bond acceptors (Lipinski definition) is 3. The summed E-state index contributed by atoms with van der Waals surface area (Å²) in [6, 6.07) is 10.2. The van der Waals surface area contributed by atoms with Crippen molar-refractivity contribution in [2.75, 3.05) is 33.2 Å². The van der Waals surface area contributed by atoms with Crippen LogP contribution in [0.15, 0.2) is 30.3 Å². The number of carbonyl (C=O) groups excluding carboxylic acids is 1. The van der Waals surface area contributed by atoms with Gasteiger partial charge in [-0.15, -0.1) is 0 Å². The minimum absolute atomic E-state index is 0.306. The van der Waals surface area contributed by atoms with Gasteiger partial charge in [0.15, 0.2) is 5.67 Å². The fourth-order valence-corrected chi connectivity index (χ4v) is 3.77. The van der Waals surface area contributed by atoms with Crippen LogP contribution in [0.3, 0.4) is 0 Å². The minimum Gasteiger partial charge on any atom is -0.349 e. The average molecular weight is 333 g/mol. The van der Waals surface area contributed by atoms with E-state index in [1.54, 1.807) is 0 Å². The molecule has 1 aromatic carbocycles. The van der Waals surface area contributed by atoms with Gasteiger partial charge in [0.2, 0.25) is 0 Å². The number of rotatable bonds is 4. The molecule has 0 saturated carbocycles. The monoisotopic (exact) mass is 333 g/mol. The van der Waals surface area contributed by atoms with Crippen molar-refractivity contribution in [3.63, 3.8) is 0 Å². The smallest absolute Gasteiger partial charge is 0.258 e. The molecule has 0 aliphatic carbocycles. The number of likely N-dealkylation sites (tertiary alicyclic amines) is 2. The number of amides is 1. The van der Waals surface area contributed by atoms with Crippen molar-refractivity contribution in [3.8, 4) is 0 Å². The quantitative estimate of drug-likeness (QED) is 0.918. The maximum Gasteiger partial charge on any atom is 0.258 e. The summed E-state index contributed by atoms with van der Waals surface area (Å²) in [6.07, 6.45) is 2.91. The van der Waals surface area contributed by atoms with Gasteiger partial charge in [-0.25, -0.2) is 4.39 Å². The van der Waals surface area contributed by atoms with E-state index >= 15 is 4.39 Å². The van der Waals surface area contributed by atoms with Gasteiger partial charge >= 0.3 is 0 Å². The van der Waals surface area contributed by atoms with Gasteiger partial charge in [0.05, 0.1) is 0 Å². The Labute approximate surface area is 144 Å². The van der Waals surface area contributed by atoms with Crippen LogP contribution in [-0.4, -0.2) is 60.6 Å². The standard InChI is InChI=1S/C19H28FN3O/c1-22-11-7-17(8-12-22)23-13-9-19(20,10-14-23)18(24)21-15-16-5-3-2-4-6-16/h2-6,17H,7-15H2,1H3,(H,21,24). The maximum atomic E-state index is 15.0. The molecule has 0 radical (unpaired) electrons. The summed E-state index contributed by atoms with van der Waals surface area (Å²) in [4.78, 5) is 17.0. The molecular weight excluding hydrogens is 305 g/mol. The number of carbonyl (C=O) groups is 1. The topological polar surface area (TPSA) is 35.6 Å². The molecule has 0 aromatic heterocycles. The first-order valence-electron chi connectivity index (χ1n) is 9.00. The van der Waals surface area contributed by atoms with Crippen molar-refractivity contribution >= 4 is 5.91 Å². The Morgan fingerprint density at radius 1 is 1.17 bits per heavy atom. The first-order chi connectivity index (χ1) is 11.6. The van der Waals surface area contributed by atoms with Crippen LogP contribution in [0.4, 0.5) is 4.39 Å². The molecule has 2 fully saturated rings. The lowest BCUT2D eigenvalue weighted by atomic mass is 9.90. The molecular formula is C19H28FN3O. The Kier molecular flexibility index (Phi) is 5.51. The van der Waals surface area contributed by atoms with Crippen LogP contribution in [0.1, 0.15) is 31.2 Å². The number of benzene rings is 1. The molecule has 0 atom stereocenters. The highest BCUT2D eigenvalue weighted by atomic mass is 19.1. The van der Waals surface area contributed by atoms with Gasteiger partial charge in [-0.3, -0.25) is 4.79 Å². The molecule has 2 aliphatic rings. The summed E-state index contributed by atoms with van der Waals surface area (Å²) >= 11 is 0. The highest BCUT2D eigenvalue weighted by Gasteiger charge is 2.42. The molecule has 2 saturated heterocycles. The third-order valence-electron chi connectivity index (χ3n) is 5.50. The predicted molar refractivity (Wildman–Crippen MR) is 93.5 cm³/mol. The van der Waals surface area contributed by atoms with E-state index in [4.69, 9.17) is 0 Å². The molecule has 132 valence electrons. The van der Waals surface area contributed by atoms with E-state index in [-0.39, 0.29) is 0 Å². The summed E-state index contributed by atoms with van der Waals surface area (Å²) in [5, 5.41) is 2.77. The zero-order valence-corrected chi connectivity index (χ0v) is 14.5. The molecule has 24 heavy (non-hydrogen) atoms. The fraction of sp³-hybridized carbons (Fsp3) is 0.632. The first-order valence-corrected chi connectivity index (χ1v) is 9.00. The number of piperidine rings is 2. The summed E-state index contributed by atoms with van der Waals surface area (Å²) in [5.74, 6) is -0.450. The summed E-state index contributed by atoms with van der Waals surface area (Å²) < 4.78 is 15.0. The van der Waals surface area contributed by atoms with Crippen LogP contribution >= 0.6 is 0 Å². The van der Waals surface area contributed by atoms with Gasteiger partial charge < -0.3 is 15.1 Å². The first kappa shape index (κ1) is 17.4. The van der Waals surface area contributed by atoms with Gasteiger partial charge in [-0.2, -0.15) is 0 Å². The van der Waals surface area contributed by atoms with Crippen LogP contribution in [-0.2, 0) is 11.3 Å². The molecule has 1 amide bonds. The van der Waals surface area contributed by atoms with E-state index in [1.807, 2.05) is 30.3 Å². The average Bonchev–Trinajstić information content (AvgIpc) is 2.62. The predicted octanol–water partition coefficient (Wildman–Crippen LogP) is 2.20. The lowest BCUT2D eigenvalue weighted by molar-refractivity contribution is -0.136. The van der Waals surface area contributed by atoms with Gasteiger partial charge in [0.1, 0.15) is 0 Å². The van der Waals surface area contributed by atoms with Gasteiger partial charge in [-0.1, -0.05) is 30.3 Å². The van der Waals surface area contributed by atoms with Crippen molar-refractivity contribution < 1.29 is 9.18 Å². The van der Waals surface area contributed by atoms with Gasteiger partial charge in [-0.05, 0) is 38.5 Å². The number of hydrogen-bond donors (Lipinski definition) is 1. The number of halogens is 1. The second kappa shape index (κ2) is 7.62. The Balaban J connectivity index is 1.47. The maximum absolute atomic E-state index is 15.0. The van der Waals surface area contributed by atoms with E-state index < -0.39 is 11.6 Å². The highest BCUT2D eigenvalue weighted by Crippen LogP contribution is 2.30. The minimum atomic E-state index is -1.71. The Morgan fingerprint density at radius 3 is 2.42 bits per heavy atom. The Bertz CT molecular complexity index is 535. The molecule has 0 spiro atoms. The van der Waals surface area contributed by atoms with Crippen molar-refractivity contribution in [1.82, 2.24) is 15.1 Å². The zero-order valence-electron chi connectivity index (χ0n) is 14.5. The largest absolute Gasteiger partial charge is 0.349 e. The molecule has 0 unspecified atom stereocenters. The lowest BCUT2D eigenvalue weighted by Crippen LogP contribution is -2.54. The zero-order chi connectivity index (χ0) is 17.0. The number of alkyl halides is 1. The molecule has 4 nitrogen and oxygen atoms in total. The normalized spacial score (nSPS) is 23.1. The second-order valence-corrected chi connectivity index (χ2v) is 7.20. The van der Waals surface area contributed by atoms with E-state index in [0.29, 0.717) is 38.5 Å². The summed E-state index contributed by atoms with van der Waals surface area (Å²) in [7, 11) is 2.15. The van der Waals surface area contributed by atoms with Crippen LogP contribution in [0.2, 0.25) is 0 Å². The Morgan fingerprint density at radius 2 is 1.79 bits per heavy atom. The summed E-state index contributed by atoms with van der Waals surface area (Å²) in [6.45, 7) is 3.98. The molecule has 0 bridgehead atoms. The summed E-state index contributed by atoms with van der Waals surface area (Å²) in [5.41, 5.74) is -0.713. The van der Waals surface area contributed by atoms with Crippen molar-refractivity contribution in [2.24, 2.45) is 0 Å². The number of nitrogens with zero attached hydrogens (tertiary/aromatic N) is 2. The molecule has 2 heterocycles. The van der Waals surface area contributed by atoms with E-state index in [2.05, 4.69) is 22.2 Å². The molecule has 1 N–H and O–H groups in total. The van der Waals surface area contributed by atoms with E-state index in [1.165, 1.54) is 0 Å². The highest BCUT2D eigenvalue weighted by molar-refractivity contribution is 5.85. The van der Waals surface area contributed by atoms with Gasteiger partial charge in [0, 0.05) is 38.5 Å². The van der Waals surface area contributed by atoms with E-state index in [0.717, 1.165) is 31.5 Å². The SMILES string of the molecule is CN1CCC(N2CCC(F)(C(=O)NCc3ccccc3)CC2)CC1. The Hall–Kier alpha value is -1.46. The molecule has 3 rings (SSSR count). The molecule has 5 heteroatoms. The van der Waals surface area contributed by atoms with Crippen LogP contribution in [0.5, 0.6) is 0 Å². The fourth-order valence-electron chi connectivity index (χ4n) is 3.77. The third kappa shape index (κ3) is 4.14. The lowest BCUT2D eigenvalue weighted by Gasteiger charge is -2.42. The van der Waals surface area contributed by atoms with Crippen molar-refractivity contribution in [1.29, 1.82) is 0 Å². The van der Waals surface area contributed by atoms with Crippen LogP contribution in [0.25, 0.3) is 0 Å². The van der Waals surface area contributed by atoms with Crippen molar-refractivity contribution in [2.45, 2.75) is 43.9 Å². The third-order valence-corrected chi connectivity index (χ3v) is 5.50. The van der Waals surface area contributed by atoms with Crippen LogP contribution in [0, 0.1) is 0 Å². The van der Waals surface area contributed by atoms with Crippen LogP contribution < -0.4 is 5.32 Å².